The largest absolute Gasteiger partial charge is 0.338 e. The van der Waals surface area contributed by atoms with E-state index in [9.17, 15) is 4.39 Å². The Morgan fingerprint density at radius 1 is 1.15 bits per heavy atom. The predicted octanol–water partition coefficient (Wildman–Crippen LogP) is 3.51. The van der Waals surface area contributed by atoms with E-state index in [1.165, 1.54) is 12.1 Å². The summed E-state index contributed by atoms with van der Waals surface area (Å²) >= 11 is 11.9. The summed E-state index contributed by atoms with van der Waals surface area (Å²) < 4.78 is 13.1. The number of nitrogen functional groups attached to an aromatic ring is 1. The number of rotatable bonds is 4. The number of aromatic nitrogens is 2. The Bertz CT molecular complexity index is 590. The van der Waals surface area contributed by atoms with Gasteiger partial charge in [0.05, 0.1) is 15.7 Å². The normalized spacial score (nSPS) is 10.4. The number of halogens is 3. The molecule has 8 heteroatoms. The zero-order valence-corrected chi connectivity index (χ0v) is 12.1. The molecule has 0 unspecified atom stereocenters. The Hall–Kier alpha value is -1.63. The second kappa shape index (κ2) is 6.21. The number of hydrazine groups is 1. The maximum atomic E-state index is 13.1. The topological polar surface area (TPSA) is 75.9 Å². The van der Waals surface area contributed by atoms with E-state index >= 15 is 0 Å². The third kappa shape index (κ3) is 3.27. The van der Waals surface area contributed by atoms with Gasteiger partial charge in [0.2, 0.25) is 0 Å². The molecule has 0 radical (unpaired) electrons. The summed E-state index contributed by atoms with van der Waals surface area (Å²) in [5.74, 6) is 6.34. The third-order valence-corrected chi connectivity index (χ3v) is 3.09. The fourth-order valence-corrected chi connectivity index (χ4v) is 2.14. The second-order valence-corrected chi connectivity index (χ2v) is 4.74. The molecule has 0 spiro atoms. The lowest BCUT2D eigenvalue weighted by Gasteiger charge is -2.12. The molecule has 0 amide bonds. The molecular formula is C12H12Cl2FN5. The molecule has 2 rings (SSSR count). The number of nitrogens with two attached hydrogens (primary N) is 1. The number of aryl methyl sites for hydroxylation is 1. The fraction of sp³-hybridized carbons (Fsp3) is 0.167. The molecule has 1 aromatic carbocycles. The molecule has 0 saturated heterocycles. The molecule has 0 fully saturated rings. The van der Waals surface area contributed by atoms with Gasteiger partial charge in [-0.25, -0.2) is 20.2 Å². The van der Waals surface area contributed by atoms with Crippen molar-refractivity contribution in [1.82, 2.24) is 9.97 Å². The van der Waals surface area contributed by atoms with Gasteiger partial charge in [-0.05, 0) is 12.1 Å². The van der Waals surface area contributed by atoms with Crippen LogP contribution >= 0.6 is 23.2 Å². The standard InChI is InChI=1S/C12H12Cl2FN5/c1-2-9-17-10(5-11(18-9)20-16)19-12-7(13)3-6(15)4-8(12)14/h3-5H,2,16H2,1H3,(H2,17,18,19,20). The summed E-state index contributed by atoms with van der Waals surface area (Å²) in [5, 5.41) is 3.26. The lowest BCUT2D eigenvalue weighted by atomic mass is 10.3. The highest BCUT2D eigenvalue weighted by molar-refractivity contribution is 6.39. The van der Waals surface area contributed by atoms with Crippen molar-refractivity contribution in [3.05, 3.63) is 39.9 Å². The van der Waals surface area contributed by atoms with Crippen LogP contribution in [0, 0.1) is 5.82 Å². The molecule has 1 heterocycles. The first-order valence-corrected chi connectivity index (χ1v) is 6.55. The van der Waals surface area contributed by atoms with Crippen molar-refractivity contribution in [2.24, 2.45) is 5.84 Å². The molecule has 0 aliphatic carbocycles. The molecule has 0 bridgehead atoms. The molecule has 0 atom stereocenters. The van der Waals surface area contributed by atoms with E-state index in [4.69, 9.17) is 29.0 Å². The van der Waals surface area contributed by atoms with Gasteiger partial charge in [-0.15, -0.1) is 0 Å². The van der Waals surface area contributed by atoms with Gasteiger partial charge in [-0.3, -0.25) is 0 Å². The van der Waals surface area contributed by atoms with Crippen molar-refractivity contribution in [2.75, 3.05) is 10.7 Å². The molecule has 0 saturated carbocycles. The first kappa shape index (κ1) is 14.8. The zero-order chi connectivity index (χ0) is 14.7. The highest BCUT2D eigenvalue weighted by Gasteiger charge is 2.11. The Balaban J connectivity index is 2.39. The van der Waals surface area contributed by atoms with E-state index in [1.807, 2.05) is 6.92 Å². The molecule has 20 heavy (non-hydrogen) atoms. The highest BCUT2D eigenvalue weighted by Crippen LogP contribution is 2.33. The summed E-state index contributed by atoms with van der Waals surface area (Å²) in [6.45, 7) is 1.91. The number of hydrogen-bond acceptors (Lipinski definition) is 5. The van der Waals surface area contributed by atoms with Crippen LogP contribution in [0.15, 0.2) is 18.2 Å². The van der Waals surface area contributed by atoms with E-state index in [0.29, 0.717) is 29.6 Å². The summed E-state index contributed by atoms with van der Waals surface area (Å²) in [5.41, 5.74) is 2.82. The van der Waals surface area contributed by atoms with Crippen LogP contribution in [0.3, 0.4) is 0 Å². The van der Waals surface area contributed by atoms with Crippen molar-refractivity contribution in [1.29, 1.82) is 0 Å². The van der Waals surface area contributed by atoms with Crippen molar-refractivity contribution >= 4 is 40.5 Å². The SMILES string of the molecule is CCc1nc(NN)cc(Nc2c(Cl)cc(F)cc2Cl)n1. The lowest BCUT2D eigenvalue weighted by molar-refractivity contribution is 0.628. The monoisotopic (exact) mass is 315 g/mol. The molecule has 106 valence electrons. The van der Waals surface area contributed by atoms with Crippen LogP contribution < -0.4 is 16.6 Å². The van der Waals surface area contributed by atoms with Gasteiger partial charge in [-0.1, -0.05) is 30.1 Å². The lowest BCUT2D eigenvalue weighted by Crippen LogP contribution is -2.11. The van der Waals surface area contributed by atoms with Crippen LogP contribution in [-0.4, -0.2) is 9.97 Å². The molecule has 0 aliphatic heterocycles. The van der Waals surface area contributed by atoms with Crippen molar-refractivity contribution < 1.29 is 4.39 Å². The minimum absolute atomic E-state index is 0.161. The van der Waals surface area contributed by atoms with Gasteiger partial charge in [0.25, 0.3) is 0 Å². The Morgan fingerprint density at radius 2 is 1.75 bits per heavy atom. The van der Waals surface area contributed by atoms with Gasteiger partial charge in [-0.2, -0.15) is 0 Å². The number of anilines is 3. The molecular weight excluding hydrogens is 304 g/mol. The summed E-state index contributed by atoms with van der Waals surface area (Å²) in [6.07, 6.45) is 0.634. The van der Waals surface area contributed by atoms with Crippen LogP contribution in [0.1, 0.15) is 12.7 Å². The van der Waals surface area contributed by atoms with Crippen LogP contribution in [0.25, 0.3) is 0 Å². The van der Waals surface area contributed by atoms with Crippen LogP contribution in [0.5, 0.6) is 0 Å². The minimum Gasteiger partial charge on any atom is -0.338 e. The maximum absolute atomic E-state index is 13.1. The Labute approximate surface area is 125 Å². The molecule has 0 aliphatic rings. The molecule has 5 nitrogen and oxygen atoms in total. The fourth-order valence-electron chi connectivity index (χ4n) is 1.58. The number of nitrogens with one attached hydrogen (secondary N) is 2. The molecule has 4 N–H and O–H groups in total. The number of benzene rings is 1. The third-order valence-electron chi connectivity index (χ3n) is 2.50. The molecule has 2 aromatic rings. The Morgan fingerprint density at radius 3 is 2.30 bits per heavy atom. The minimum atomic E-state index is -0.508. The van der Waals surface area contributed by atoms with Crippen molar-refractivity contribution in [3.63, 3.8) is 0 Å². The van der Waals surface area contributed by atoms with Crippen molar-refractivity contribution in [3.8, 4) is 0 Å². The average molecular weight is 316 g/mol. The smallest absolute Gasteiger partial charge is 0.145 e. The van der Waals surface area contributed by atoms with Crippen LogP contribution in [0.2, 0.25) is 10.0 Å². The van der Waals surface area contributed by atoms with E-state index in [2.05, 4.69) is 20.7 Å². The van der Waals surface area contributed by atoms with E-state index in [1.54, 1.807) is 6.07 Å². The zero-order valence-electron chi connectivity index (χ0n) is 10.5. The quantitative estimate of drug-likeness (QED) is 0.594. The first-order chi connectivity index (χ1) is 9.53. The second-order valence-electron chi connectivity index (χ2n) is 3.92. The Kier molecular flexibility index (Phi) is 4.59. The average Bonchev–Trinajstić information content (AvgIpc) is 2.42. The van der Waals surface area contributed by atoms with Gasteiger partial charge in [0, 0.05) is 12.5 Å². The summed E-state index contributed by atoms with van der Waals surface area (Å²) in [7, 11) is 0. The highest BCUT2D eigenvalue weighted by atomic mass is 35.5. The first-order valence-electron chi connectivity index (χ1n) is 5.79. The van der Waals surface area contributed by atoms with E-state index in [0.717, 1.165) is 0 Å². The van der Waals surface area contributed by atoms with Crippen LogP contribution in [0.4, 0.5) is 21.7 Å². The number of nitrogens with zero attached hydrogens (tertiary/aromatic N) is 2. The van der Waals surface area contributed by atoms with Gasteiger partial charge < -0.3 is 10.7 Å². The van der Waals surface area contributed by atoms with E-state index in [-0.39, 0.29) is 10.0 Å². The maximum Gasteiger partial charge on any atom is 0.145 e. The van der Waals surface area contributed by atoms with Gasteiger partial charge in [0.1, 0.15) is 23.3 Å². The summed E-state index contributed by atoms with van der Waals surface area (Å²) in [4.78, 5) is 8.43. The van der Waals surface area contributed by atoms with Gasteiger partial charge >= 0.3 is 0 Å². The van der Waals surface area contributed by atoms with Crippen LogP contribution in [-0.2, 0) is 6.42 Å². The van der Waals surface area contributed by atoms with Crippen molar-refractivity contribution in [2.45, 2.75) is 13.3 Å². The predicted molar refractivity (Wildman–Crippen MR) is 78.9 cm³/mol. The van der Waals surface area contributed by atoms with E-state index < -0.39 is 5.82 Å². The van der Waals surface area contributed by atoms with Gasteiger partial charge in [0.15, 0.2) is 0 Å². The number of hydrogen-bond donors (Lipinski definition) is 3. The molecule has 1 aromatic heterocycles. The summed E-state index contributed by atoms with van der Waals surface area (Å²) in [6, 6.07) is 3.93.